The van der Waals surface area contributed by atoms with Crippen molar-refractivity contribution < 1.29 is 13.6 Å². The summed E-state index contributed by atoms with van der Waals surface area (Å²) in [6.45, 7) is 6.04. The second-order valence-corrected chi connectivity index (χ2v) is 6.91. The fraction of sp³-hybridized carbons (Fsp3) is 0.500. The highest BCUT2D eigenvalue weighted by Crippen LogP contribution is 2.60. The molecule has 0 saturated carbocycles. The van der Waals surface area contributed by atoms with Gasteiger partial charge in [-0.25, -0.2) is 0 Å². The van der Waals surface area contributed by atoms with Gasteiger partial charge in [-0.1, -0.05) is 29.3 Å². The Balaban J connectivity index is 3.05. The third-order valence-corrected chi connectivity index (χ3v) is 5.74. The zero-order valence-corrected chi connectivity index (χ0v) is 13.1. The van der Waals surface area contributed by atoms with Gasteiger partial charge in [0.2, 0.25) is 0 Å². The minimum Gasteiger partial charge on any atom is -0.308 e. The molecular formula is C12H17Cl2O3P. The van der Waals surface area contributed by atoms with E-state index in [0.717, 1.165) is 5.56 Å². The van der Waals surface area contributed by atoms with Crippen LogP contribution in [0.1, 0.15) is 32.0 Å². The average molecular weight is 311 g/mol. The Morgan fingerprint density at radius 2 is 1.72 bits per heavy atom. The van der Waals surface area contributed by atoms with Gasteiger partial charge in [-0.3, -0.25) is 4.57 Å². The van der Waals surface area contributed by atoms with Gasteiger partial charge in [0.15, 0.2) is 0 Å². The zero-order chi connectivity index (χ0) is 13.8. The van der Waals surface area contributed by atoms with E-state index >= 15 is 0 Å². The normalized spacial score (nSPS) is 13.6. The average Bonchev–Trinajstić information content (AvgIpc) is 2.32. The summed E-state index contributed by atoms with van der Waals surface area (Å²) in [6, 6.07) is 5.15. The molecule has 0 saturated heterocycles. The number of rotatable bonds is 6. The van der Waals surface area contributed by atoms with Crippen LogP contribution >= 0.6 is 30.8 Å². The number of hydrogen-bond donors (Lipinski definition) is 0. The van der Waals surface area contributed by atoms with E-state index in [1.165, 1.54) is 0 Å². The van der Waals surface area contributed by atoms with Gasteiger partial charge >= 0.3 is 7.60 Å². The Kier molecular flexibility index (Phi) is 6.16. The van der Waals surface area contributed by atoms with E-state index < -0.39 is 7.60 Å². The highest BCUT2D eigenvalue weighted by Gasteiger charge is 2.33. The molecule has 3 nitrogen and oxygen atoms in total. The van der Waals surface area contributed by atoms with Crippen LogP contribution in [0.25, 0.3) is 0 Å². The Morgan fingerprint density at radius 1 is 1.17 bits per heavy atom. The lowest BCUT2D eigenvalue weighted by Crippen LogP contribution is -2.03. The molecule has 0 aliphatic heterocycles. The van der Waals surface area contributed by atoms with E-state index in [1.54, 1.807) is 39.0 Å². The van der Waals surface area contributed by atoms with Crippen LogP contribution in [0.2, 0.25) is 10.0 Å². The molecule has 1 aromatic carbocycles. The van der Waals surface area contributed by atoms with Crippen molar-refractivity contribution in [3.63, 3.8) is 0 Å². The SMILES string of the molecule is CCOP(=O)(OCC)C(C)c1ccc(Cl)c(Cl)c1. The molecule has 102 valence electrons. The minimum atomic E-state index is -3.17. The van der Waals surface area contributed by atoms with Crippen LogP contribution in [0.15, 0.2) is 18.2 Å². The standard InChI is InChI=1S/C12H17Cl2O3P/c1-4-16-18(15,17-5-2)9(3)10-6-7-11(13)12(14)8-10/h6-9H,4-5H2,1-3H3. The lowest BCUT2D eigenvalue weighted by molar-refractivity contribution is 0.213. The quantitative estimate of drug-likeness (QED) is 0.667. The maximum Gasteiger partial charge on any atom is 0.337 e. The topological polar surface area (TPSA) is 35.5 Å². The molecular weight excluding hydrogens is 294 g/mol. The minimum absolute atomic E-state index is 0.336. The molecule has 1 rings (SSSR count). The molecule has 0 radical (unpaired) electrons. The van der Waals surface area contributed by atoms with E-state index in [0.29, 0.717) is 23.3 Å². The summed E-state index contributed by atoms with van der Waals surface area (Å²) >= 11 is 11.8. The molecule has 0 amide bonds. The Labute approximate surface area is 118 Å². The van der Waals surface area contributed by atoms with Gasteiger partial charge in [0.25, 0.3) is 0 Å². The summed E-state index contributed by atoms with van der Waals surface area (Å²) < 4.78 is 23.2. The van der Waals surface area contributed by atoms with Crippen LogP contribution < -0.4 is 0 Å². The summed E-state index contributed by atoms with van der Waals surface area (Å²) in [6.07, 6.45) is 0. The van der Waals surface area contributed by atoms with Crippen LogP contribution in [0.5, 0.6) is 0 Å². The summed E-state index contributed by atoms with van der Waals surface area (Å²) in [4.78, 5) is 0. The van der Waals surface area contributed by atoms with Crippen LogP contribution in [0.4, 0.5) is 0 Å². The van der Waals surface area contributed by atoms with Crippen LogP contribution in [0.3, 0.4) is 0 Å². The maximum absolute atomic E-state index is 12.6. The van der Waals surface area contributed by atoms with Crippen molar-refractivity contribution in [2.75, 3.05) is 13.2 Å². The van der Waals surface area contributed by atoms with E-state index in [2.05, 4.69) is 0 Å². The van der Waals surface area contributed by atoms with Crippen molar-refractivity contribution in [1.82, 2.24) is 0 Å². The molecule has 0 heterocycles. The Hall–Kier alpha value is -0.0500. The molecule has 0 aromatic heterocycles. The van der Waals surface area contributed by atoms with Gasteiger partial charge in [0, 0.05) is 0 Å². The first-order chi connectivity index (χ1) is 8.44. The Bertz CT molecular complexity index is 441. The predicted molar refractivity (Wildman–Crippen MR) is 75.7 cm³/mol. The van der Waals surface area contributed by atoms with Crippen molar-refractivity contribution >= 4 is 30.8 Å². The molecule has 0 aliphatic carbocycles. The first-order valence-electron chi connectivity index (χ1n) is 5.78. The second kappa shape index (κ2) is 6.93. The summed E-state index contributed by atoms with van der Waals surface area (Å²) in [5.41, 5.74) is 0.404. The van der Waals surface area contributed by atoms with E-state index in [4.69, 9.17) is 32.2 Å². The smallest absolute Gasteiger partial charge is 0.308 e. The first-order valence-corrected chi connectivity index (χ1v) is 8.15. The van der Waals surface area contributed by atoms with Crippen molar-refractivity contribution in [3.8, 4) is 0 Å². The monoisotopic (exact) mass is 310 g/mol. The lowest BCUT2D eigenvalue weighted by atomic mass is 10.2. The van der Waals surface area contributed by atoms with Gasteiger partial charge in [-0.15, -0.1) is 0 Å². The highest BCUT2D eigenvalue weighted by atomic mass is 35.5. The zero-order valence-electron chi connectivity index (χ0n) is 10.7. The lowest BCUT2D eigenvalue weighted by Gasteiger charge is -2.23. The summed E-state index contributed by atoms with van der Waals surface area (Å²) in [5.74, 6) is 0. The summed E-state index contributed by atoms with van der Waals surface area (Å²) in [7, 11) is -3.17. The highest BCUT2D eigenvalue weighted by molar-refractivity contribution is 7.54. The molecule has 0 spiro atoms. The van der Waals surface area contributed by atoms with Gasteiger partial charge in [0.05, 0.1) is 28.9 Å². The van der Waals surface area contributed by atoms with Gasteiger partial charge in [-0.05, 0) is 38.5 Å². The van der Waals surface area contributed by atoms with Crippen molar-refractivity contribution in [2.45, 2.75) is 26.4 Å². The third-order valence-electron chi connectivity index (χ3n) is 2.52. The van der Waals surface area contributed by atoms with Crippen LogP contribution in [-0.4, -0.2) is 13.2 Å². The summed E-state index contributed by atoms with van der Waals surface area (Å²) in [5, 5.41) is 0.899. The molecule has 0 N–H and O–H groups in total. The van der Waals surface area contributed by atoms with Crippen molar-refractivity contribution in [2.24, 2.45) is 0 Å². The fourth-order valence-corrected chi connectivity index (χ4v) is 3.65. The molecule has 0 bridgehead atoms. The third kappa shape index (κ3) is 3.72. The van der Waals surface area contributed by atoms with Crippen molar-refractivity contribution in [3.05, 3.63) is 33.8 Å². The molecule has 18 heavy (non-hydrogen) atoms. The predicted octanol–water partition coefficient (Wildman–Crippen LogP) is 5.32. The van der Waals surface area contributed by atoms with E-state index in [-0.39, 0.29) is 5.66 Å². The second-order valence-electron chi connectivity index (χ2n) is 3.72. The fourth-order valence-electron chi connectivity index (χ4n) is 1.58. The van der Waals surface area contributed by atoms with Gasteiger partial charge in [0.1, 0.15) is 0 Å². The number of hydrogen-bond acceptors (Lipinski definition) is 3. The van der Waals surface area contributed by atoms with E-state index in [1.807, 2.05) is 0 Å². The molecule has 0 aliphatic rings. The molecule has 1 aromatic rings. The van der Waals surface area contributed by atoms with Crippen LogP contribution in [0, 0.1) is 0 Å². The number of halogens is 2. The Morgan fingerprint density at radius 3 is 2.17 bits per heavy atom. The van der Waals surface area contributed by atoms with Crippen LogP contribution in [-0.2, 0) is 13.6 Å². The molecule has 1 unspecified atom stereocenters. The molecule has 6 heteroatoms. The number of benzene rings is 1. The molecule has 0 fully saturated rings. The maximum atomic E-state index is 12.6. The largest absolute Gasteiger partial charge is 0.337 e. The van der Waals surface area contributed by atoms with Gasteiger partial charge < -0.3 is 9.05 Å². The molecule has 1 atom stereocenters. The van der Waals surface area contributed by atoms with Crippen molar-refractivity contribution in [1.29, 1.82) is 0 Å². The van der Waals surface area contributed by atoms with Gasteiger partial charge in [-0.2, -0.15) is 0 Å². The van der Waals surface area contributed by atoms with E-state index in [9.17, 15) is 4.57 Å². The first kappa shape index (κ1) is 16.0.